The molecule has 1 N–H and O–H groups in total. The number of ether oxygens (including phenoxy) is 4. The smallest absolute Gasteiger partial charge is 0.408 e. The van der Waals surface area contributed by atoms with Gasteiger partial charge in [-0.2, -0.15) is 5.10 Å². The lowest BCUT2D eigenvalue weighted by atomic mass is 9.76. The van der Waals surface area contributed by atoms with E-state index in [0.29, 0.717) is 48.0 Å². The Bertz CT molecular complexity index is 1460. The first-order valence-electron chi connectivity index (χ1n) is 13.8. The molecule has 0 unspecified atom stereocenters. The van der Waals surface area contributed by atoms with E-state index < -0.39 is 23.2 Å². The largest absolute Gasteiger partial charge is 0.490 e. The number of aromatic nitrogens is 3. The van der Waals surface area contributed by atoms with Crippen LogP contribution in [0.15, 0.2) is 30.6 Å². The van der Waals surface area contributed by atoms with E-state index in [1.54, 1.807) is 19.2 Å². The number of hydrogen-bond donors (Lipinski definition) is 1. The van der Waals surface area contributed by atoms with Crippen LogP contribution < -0.4 is 19.7 Å². The third-order valence-corrected chi connectivity index (χ3v) is 7.04. The molecular weight excluding hydrogens is 533 g/mol. The molecule has 1 aliphatic heterocycles. The third-order valence-electron chi connectivity index (χ3n) is 7.04. The van der Waals surface area contributed by atoms with E-state index in [4.69, 9.17) is 23.9 Å². The first kappa shape index (κ1) is 28.4. The van der Waals surface area contributed by atoms with Gasteiger partial charge in [-0.05, 0) is 59.7 Å². The van der Waals surface area contributed by atoms with Gasteiger partial charge < -0.3 is 29.2 Å². The molecule has 1 saturated carbocycles. The maximum Gasteiger partial charge on any atom is 0.408 e. The predicted molar refractivity (Wildman–Crippen MR) is 148 cm³/mol. The standard InChI is InChI=1S/C29H36FN5O6/c1-7-38-26(36)21-13-31-35-15-23-25(32-24(21)35)34(17(2)16-39-23)14-18-10-19(30)8-9-22(18)40-20-11-29(6,12-20)33-27(37)41-28(3,4)5/h8-10,13,15,17,20H,7,11-12,14,16H2,1-6H3,(H,33,37)/t17-,20-,29+/m1/s1. The van der Waals surface area contributed by atoms with Crippen molar-refractivity contribution in [3.8, 4) is 11.5 Å². The second kappa shape index (κ2) is 10.7. The van der Waals surface area contributed by atoms with E-state index in [-0.39, 0.29) is 36.7 Å². The van der Waals surface area contributed by atoms with Crippen LogP contribution in [-0.4, -0.2) is 63.2 Å². The molecule has 2 aliphatic rings. The summed E-state index contributed by atoms with van der Waals surface area (Å²) in [5.74, 6) is 0.655. The number of esters is 1. The molecule has 220 valence electrons. The Kier molecular flexibility index (Phi) is 7.43. The number of alkyl carbamates (subject to hydrolysis) is 1. The highest BCUT2D eigenvalue weighted by Crippen LogP contribution is 2.39. The minimum absolute atomic E-state index is 0.104. The molecular formula is C29H36FN5O6. The van der Waals surface area contributed by atoms with Crippen LogP contribution >= 0.6 is 0 Å². The fraction of sp³-hybridized carbons (Fsp3) is 0.517. The fourth-order valence-corrected chi connectivity index (χ4v) is 5.12. The Hall–Kier alpha value is -4.09. The number of carbonyl (C=O) groups is 2. The molecule has 0 bridgehead atoms. The van der Waals surface area contributed by atoms with Crippen molar-refractivity contribution in [2.24, 2.45) is 0 Å². The normalized spacial score (nSPS) is 21.9. The Morgan fingerprint density at radius 1 is 1.27 bits per heavy atom. The van der Waals surface area contributed by atoms with Gasteiger partial charge in [-0.25, -0.2) is 23.5 Å². The van der Waals surface area contributed by atoms with Crippen molar-refractivity contribution in [1.82, 2.24) is 19.9 Å². The molecule has 12 heteroatoms. The molecule has 0 radical (unpaired) electrons. The zero-order valence-electron chi connectivity index (χ0n) is 24.2. The lowest BCUT2D eigenvalue weighted by Gasteiger charge is -2.45. The van der Waals surface area contributed by atoms with Gasteiger partial charge in [0, 0.05) is 30.5 Å². The van der Waals surface area contributed by atoms with Crippen molar-refractivity contribution in [3.05, 3.63) is 47.5 Å². The number of nitrogens with zero attached hydrogens (tertiary/aromatic N) is 4. The summed E-state index contributed by atoms with van der Waals surface area (Å²) in [6, 6.07) is 4.34. The molecule has 5 rings (SSSR count). The lowest BCUT2D eigenvalue weighted by Crippen LogP contribution is -2.59. The van der Waals surface area contributed by atoms with Crippen LogP contribution in [0.3, 0.4) is 0 Å². The number of amides is 1. The van der Waals surface area contributed by atoms with Gasteiger partial charge in [0.2, 0.25) is 0 Å². The SMILES string of the molecule is CCOC(=O)c1cnn2cc3c(nc12)N(Cc1cc(F)ccc1O[C@H]1C[C@@](C)(NC(=O)OC(C)(C)C)C1)[C@H](C)CO3. The molecule has 0 spiro atoms. The van der Waals surface area contributed by atoms with Gasteiger partial charge in [-0.1, -0.05) is 0 Å². The molecule has 1 aliphatic carbocycles. The van der Waals surface area contributed by atoms with Crippen molar-refractivity contribution >= 4 is 23.5 Å². The maximum absolute atomic E-state index is 14.5. The molecule has 1 atom stereocenters. The van der Waals surface area contributed by atoms with Gasteiger partial charge in [-0.3, -0.25) is 0 Å². The van der Waals surface area contributed by atoms with Crippen molar-refractivity contribution in [3.63, 3.8) is 0 Å². The van der Waals surface area contributed by atoms with Crippen molar-refractivity contribution < 1.29 is 32.9 Å². The fourth-order valence-electron chi connectivity index (χ4n) is 5.12. The van der Waals surface area contributed by atoms with Gasteiger partial charge in [0.15, 0.2) is 17.2 Å². The highest BCUT2D eigenvalue weighted by atomic mass is 19.1. The van der Waals surface area contributed by atoms with Crippen molar-refractivity contribution in [2.75, 3.05) is 18.1 Å². The summed E-state index contributed by atoms with van der Waals surface area (Å²) < 4.78 is 38.7. The topological polar surface area (TPSA) is 117 Å². The number of fused-ring (bicyclic) bond motifs is 2. The monoisotopic (exact) mass is 569 g/mol. The summed E-state index contributed by atoms with van der Waals surface area (Å²) in [5, 5.41) is 7.16. The maximum atomic E-state index is 14.5. The molecule has 0 saturated heterocycles. The van der Waals surface area contributed by atoms with E-state index in [1.807, 2.05) is 39.5 Å². The van der Waals surface area contributed by atoms with E-state index in [1.165, 1.54) is 22.8 Å². The molecule has 11 nitrogen and oxygen atoms in total. The van der Waals surface area contributed by atoms with Crippen LogP contribution in [0.5, 0.6) is 11.5 Å². The zero-order valence-corrected chi connectivity index (χ0v) is 24.2. The summed E-state index contributed by atoms with van der Waals surface area (Å²) in [6.07, 6.45) is 3.63. The number of anilines is 1. The summed E-state index contributed by atoms with van der Waals surface area (Å²) in [7, 11) is 0. The number of hydrogen-bond acceptors (Lipinski definition) is 9. The highest BCUT2D eigenvalue weighted by Gasteiger charge is 2.44. The molecule has 3 heterocycles. The number of halogens is 1. The third kappa shape index (κ3) is 6.15. The van der Waals surface area contributed by atoms with Gasteiger partial charge in [0.25, 0.3) is 0 Å². The summed E-state index contributed by atoms with van der Waals surface area (Å²) >= 11 is 0. The van der Waals surface area contributed by atoms with Gasteiger partial charge in [-0.15, -0.1) is 0 Å². The number of nitrogens with one attached hydrogen (secondary N) is 1. The lowest BCUT2D eigenvalue weighted by molar-refractivity contribution is 0.00868. The highest BCUT2D eigenvalue weighted by molar-refractivity contribution is 5.96. The van der Waals surface area contributed by atoms with E-state index in [2.05, 4.69) is 10.4 Å². The van der Waals surface area contributed by atoms with Crippen molar-refractivity contribution in [2.45, 2.75) is 84.2 Å². The van der Waals surface area contributed by atoms with Gasteiger partial charge >= 0.3 is 12.1 Å². The molecule has 41 heavy (non-hydrogen) atoms. The van der Waals surface area contributed by atoms with Gasteiger partial charge in [0.05, 0.1) is 25.0 Å². The number of benzene rings is 1. The molecule has 1 aromatic carbocycles. The number of rotatable bonds is 7. The molecule has 1 amide bonds. The Labute approximate surface area is 237 Å². The second-order valence-corrected chi connectivity index (χ2v) is 11.9. The Morgan fingerprint density at radius 2 is 2.02 bits per heavy atom. The first-order chi connectivity index (χ1) is 19.3. The van der Waals surface area contributed by atoms with Crippen LogP contribution in [0.2, 0.25) is 0 Å². The van der Waals surface area contributed by atoms with E-state index in [9.17, 15) is 14.0 Å². The minimum atomic E-state index is -0.586. The molecule has 1 fully saturated rings. The average Bonchev–Trinajstić information content (AvgIpc) is 3.27. The average molecular weight is 570 g/mol. The second-order valence-electron chi connectivity index (χ2n) is 11.9. The zero-order chi connectivity index (χ0) is 29.5. The molecule has 3 aromatic rings. The van der Waals surface area contributed by atoms with E-state index in [0.717, 1.165) is 0 Å². The summed E-state index contributed by atoms with van der Waals surface area (Å²) in [6.45, 7) is 12.0. The Morgan fingerprint density at radius 3 is 2.73 bits per heavy atom. The van der Waals surface area contributed by atoms with Crippen LogP contribution in [0.4, 0.5) is 15.0 Å². The van der Waals surface area contributed by atoms with E-state index >= 15 is 0 Å². The van der Waals surface area contributed by atoms with Crippen LogP contribution in [0.1, 0.15) is 70.3 Å². The quantitative estimate of drug-likeness (QED) is 0.406. The summed E-state index contributed by atoms with van der Waals surface area (Å²) in [4.78, 5) is 31.5. The van der Waals surface area contributed by atoms with Crippen LogP contribution in [-0.2, 0) is 16.0 Å². The number of carbonyl (C=O) groups excluding carboxylic acids is 2. The summed E-state index contributed by atoms with van der Waals surface area (Å²) in [5.41, 5.74) is 0.182. The predicted octanol–water partition coefficient (Wildman–Crippen LogP) is 4.66. The van der Waals surface area contributed by atoms with Crippen LogP contribution in [0, 0.1) is 5.82 Å². The first-order valence-corrected chi connectivity index (χ1v) is 13.8. The molecule has 2 aromatic heterocycles. The van der Waals surface area contributed by atoms with Gasteiger partial charge in [0.1, 0.15) is 35.4 Å². The van der Waals surface area contributed by atoms with Crippen LogP contribution in [0.25, 0.3) is 5.65 Å². The Balaban J connectivity index is 1.35. The van der Waals surface area contributed by atoms with Crippen molar-refractivity contribution in [1.29, 1.82) is 0 Å². The minimum Gasteiger partial charge on any atom is -0.490 e.